The Labute approximate surface area is 82.2 Å². The van der Waals surface area contributed by atoms with Crippen LogP contribution in [0.2, 0.25) is 0 Å². The molecule has 0 fully saturated rings. The van der Waals surface area contributed by atoms with Crippen LogP contribution in [-0.4, -0.2) is 5.78 Å². The van der Waals surface area contributed by atoms with Gasteiger partial charge in [0, 0.05) is 22.6 Å². The first-order chi connectivity index (χ1) is 6.69. The number of hydrogen-bond donors (Lipinski definition) is 0. The molecule has 0 heterocycles. The Morgan fingerprint density at radius 3 is 2.86 bits per heavy atom. The summed E-state index contributed by atoms with van der Waals surface area (Å²) in [4.78, 5) is 14.2. The van der Waals surface area contributed by atoms with E-state index in [0.717, 1.165) is 5.56 Å². The molecule has 0 aliphatic carbocycles. The van der Waals surface area contributed by atoms with Gasteiger partial charge in [0.05, 0.1) is 0 Å². The van der Waals surface area contributed by atoms with Crippen molar-refractivity contribution in [1.82, 2.24) is 0 Å². The third kappa shape index (κ3) is 2.12. The summed E-state index contributed by atoms with van der Waals surface area (Å²) in [5.41, 5.74) is 10.2. The van der Waals surface area contributed by atoms with Crippen molar-refractivity contribution in [2.45, 2.75) is 20.3 Å². The monoisotopic (exact) mass is 189 g/mol. The zero-order valence-electron chi connectivity index (χ0n) is 8.19. The fourth-order valence-electron chi connectivity index (χ4n) is 1.20. The third-order valence-electron chi connectivity index (χ3n) is 1.93. The molecule has 14 heavy (non-hydrogen) atoms. The van der Waals surface area contributed by atoms with Crippen LogP contribution in [0.25, 0.3) is 10.4 Å². The summed E-state index contributed by atoms with van der Waals surface area (Å²) in [7, 11) is 0. The van der Waals surface area contributed by atoms with Gasteiger partial charge in [-0.1, -0.05) is 29.7 Å². The standard InChI is InChI=1S/C10H11N3O/c1-3-10(14)8-6-7(2)4-5-9(8)12-13-11/h4-6H,3H2,1-2H3. The number of carbonyl (C=O) groups is 1. The molecule has 0 bridgehead atoms. The van der Waals surface area contributed by atoms with Crippen molar-refractivity contribution in [3.63, 3.8) is 0 Å². The van der Waals surface area contributed by atoms with E-state index in [1.54, 1.807) is 19.1 Å². The fraction of sp³-hybridized carbons (Fsp3) is 0.300. The maximum atomic E-state index is 11.5. The molecule has 0 aromatic heterocycles. The molecule has 1 aromatic carbocycles. The molecule has 0 amide bonds. The summed E-state index contributed by atoms with van der Waals surface area (Å²) in [6, 6.07) is 5.23. The van der Waals surface area contributed by atoms with Gasteiger partial charge in [0.1, 0.15) is 0 Å². The topological polar surface area (TPSA) is 65.8 Å². The molecule has 0 unspecified atom stereocenters. The lowest BCUT2D eigenvalue weighted by atomic mass is 10.0. The van der Waals surface area contributed by atoms with Crippen LogP contribution in [0.5, 0.6) is 0 Å². The predicted molar refractivity (Wildman–Crippen MR) is 54.6 cm³/mol. The number of benzene rings is 1. The minimum Gasteiger partial charge on any atom is -0.294 e. The molecule has 0 saturated carbocycles. The van der Waals surface area contributed by atoms with E-state index in [0.29, 0.717) is 17.7 Å². The zero-order chi connectivity index (χ0) is 10.6. The average molecular weight is 189 g/mol. The molecule has 0 N–H and O–H groups in total. The van der Waals surface area contributed by atoms with E-state index in [9.17, 15) is 4.79 Å². The Balaban J connectivity index is 3.28. The van der Waals surface area contributed by atoms with Crippen LogP contribution in [0.3, 0.4) is 0 Å². The van der Waals surface area contributed by atoms with Crippen LogP contribution in [0.15, 0.2) is 23.3 Å². The first-order valence-corrected chi connectivity index (χ1v) is 4.38. The maximum Gasteiger partial charge on any atom is 0.163 e. The van der Waals surface area contributed by atoms with E-state index >= 15 is 0 Å². The SMILES string of the molecule is CCC(=O)c1cc(C)ccc1N=[N+]=[N-]. The van der Waals surface area contributed by atoms with Crippen molar-refractivity contribution >= 4 is 11.5 Å². The molecule has 0 saturated heterocycles. The largest absolute Gasteiger partial charge is 0.294 e. The summed E-state index contributed by atoms with van der Waals surface area (Å²) in [6.45, 7) is 3.68. The molecule has 72 valence electrons. The predicted octanol–water partition coefficient (Wildman–Crippen LogP) is 3.53. The molecule has 1 aromatic rings. The van der Waals surface area contributed by atoms with Gasteiger partial charge in [-0.2, -0.15) is 0 Å². The van der Waals surface area contributed by atoms with Crippen molar-refractivity contribution in [2.24, 2.45) is 5.11 Å². The summed E-state index contributed by atoms with van der Waals surface area (Å²) >= 11 is 0. The van der Waals surface area contributed by atoms with E-state index in [4.69, 9.17) is 5.53 Å². The van der Waals surface area contributed by atoms with Gasteiger partial charge in [0.25, 0.3) is 0 Å². The van der Waals surface area contributed by atoms with Crippen LogP contribution >= 0.6 is 0 Å². The normalized spacial score (nSPS) is 9.29. The summed E-state index contributed by atoms with van der Waals surface area (Å²) < 4.78 is 0. The summed E-state index contributed by atoms with van der Waals surface area (Å²) in [5, 5.41) is 3.48. The highest BCUT2D eigenvalue weighted by Crippen LogP contribution is 2.22. The van der Waals surface area contributed by atoms with Crippen molar-refractivity contribution in [3.05, 3.63) is 39.8 Å². The van der Waals surface area contributed by atoms with Gasteiger partial charge >= 0.3 is 0 Å². The van der Waals surface area contributed by atoms with E-state index in [1.807, 2.05) is 13.0 Å². The number of azide groups is 1. The Morgan fingerprint density at radius 1 is 1.57 bits per heavy atom. The van der Waals surface area contributed by atoms with Gasteiger partial charge in [-0.25, -0.2) is 0 Å². The second-order valence-electron chi connectivity index (χ2n) is 2.99. The number of nitrogens with zero attached hydrogens (tertiary/aromatic N) is 3. The first kappa shape index (κ1) is 10.3. The molecule has 0 spiro atoms. The molecule has 4 heteroatoms. The minimum atomic E-state index is -0.00361. The van der Waals surface area contributed by atoms with Gasteiger partial charge in [0.15, 0.2) is 5.78 Å². The smallest absolute Gasteiger partial charge is 0.163 e. The quantitative estimate of drug-likeness (QED) is 0.310. The molecule has 0 radical (unpaired) electrons. The number of ketones is 1. The third-order valence-corrected chi connectivity index (χ3v) is 1.93. The van der Waals surface area contributed by atoms with Crippen LogP contribution in [0.1, 0.15) is 29.3 Å². The van der Waals surface area contributed by atoms with Gasteiger partial charge in [-0.15, -0.1) is 0 Å². The number of aryl methyl sites for hydroxylation is 1. The number of hydrogen-bond acceptors (Lipinski definition) is 2. The van der Waals surface area contributed by atoms with Crippen molar-refractivity contribution < 1.29 is 4.79 Å². The number of carbonyl (C=O) groups excluding carboxylic acids is 1. The fourth-order valence-corrected chi connectivity index (χ4v) is 1.20. The highest BCUT2D eigenvalue weighted by molar-refractivity contribution is 6.00. The zero-order valence-corrected chi connectivity index (χ0v) is 8.19. The molecular weight excluding hydrogens is 178 g/mol. The van der Waals surface area contributed by atoms with Crippen molar-refractivity contribution in [3.8, 4) is 0 Å². The lowest BCUT2D eigenvalue weighted by Gasteiger charge is -2.03. The summed E-state index contributed by atoms with van der Waals surface area (Å²) in [6.07, 6.45) is 0.414. The van der Waals surface area contributed by atoms with Crippen LogP contribution in [0, 0.1) is 6.92 Å². The molecule has 1 rings (SSSR count). The lowest BCUT2D eigenvalue weighted by molar-refractivity contribution is 0.0989. The van der Waals surface area contributed by atoms with Crippen LogP contribution in [-0.2, 0) is 0 Å². The van der Waals surface area contributed by atoms with E-state index in [2.05, 4.69) is 10.0 Å². The highest BCUT2D eigenvalue weighted by atomic mass is 16.1. The van der Waals surface area contributed by atoms with Crippen LogP contribution in [0.4, 0.5) is 5.69 Å². The Bertz CT molecular complexity index is 406. The van der Waals surface area contributed by atoms with Crippen molar-refractivity contribution in [2.75, 3.05) is 0 Å². The second kappa shape index (κ2) is 4.44. The number of Topliss-reactive ketones (excluding diaryl/α,β-unsaturated/α-hetero) is 1. The van der Waals surface area contributed by atoms with Crippen molar-refractivity contribution in [1.29, 1.82) is 0 Å². The second-order valence-corrected chi connectivity index (χ2v) is 2.99. The highest BCUT2D eigenvalue weighted by Gasteiger charge is 2.08. The van der Waals surface area contributed by atoms with E-state index in [1.165, 1.54) is 0 Å². The van der Waals surface area contributed by atoms with Gasteiger partial charge in [-0.05, 0) is 18.5 Å². The Hall–Kier alpha value is -1.80. The van der Waals surface area contributed by atoms with E-state index < -0.39 is 0 Å². The maximum absolute atomic E-state index is 11.5. The number of rotatable bonds is 3. The molecule has 0 aliphatic rings. The lowest BCUT2D eigenvalue weighted by Crippen LogP contribution is -1.97. The van der Waals surface area contributed by atoms with Gasteiger partial charge in [-0.3, -0.25) is 4.79 Å². The molecule has 0 atom stereocenters. The van der Waals surface area contributed by atoms with Crippen LogP contribution < -0.4 is 0 Å². The van der Waals surface area contributed by atoms with Gasteiger partial charge < -0.3 is 0 Å². The first-order valence-electron chi connectivity index (χ1n) is 4.38. The molecule has 4 nitrogen and oxygen atoms in total. The van der Waals surface area contributed by atoms with Gasteiger partial charge in [0.2, 0.25) is 0 Å². The Kier molecular flexibility index (Phi) is 3.26. The minimum absolute atomic E-state index is 0.00361. The average Bonchev–Trinajstić information content (AvgIpc) is 2.20. The molecular formula is C10H11N3O. The summed E-state index contributed by atoms with van der Waals surface area (Å²) in [5.74, 6) is -0.00361. The van der Waals surface area contributed by atoms with E-state index in [-0.39, 0.29) is 5.78 Å². The Morgan fingerprint density at radius 2 is 2.29 bits per heavy atom. The molecule has 0 aliphatic heterocycles.